The monoisotopic (exact) mass is 302 g/mol. The first kappa shape index (κ1) is 13.7. The fourth-order valence-electron chi connectivity index (χ4n) is 1.28. The lowest BCUT2D eigenvalue weighted by molar-refractivity contribution is -0.385. The van der Waals surface area contributed by atoms with Crippen molar-refractivity contribution in [2.45, 2.75) is 9.92 Å². The highest BCUT2D eigenvalue weighted by Crippen LogP contribution is 2.30. The van der Waals surface area contributed by atoms with Crippen molar-refractivity contribution < 1.29 is 13.7 Å². The molecule has 0 saturated heterocycles. The summed E-state index contributed by atoms with van der Waals surface area (Å²) in [6.45, 7) is 0. The number of nitro groups is 1. The number of benzene rings is 1. The first-order valence-electron chi connectivity index (χ1n) is 4.90. The van der Waals surface area contributed by atoms with E-state index in [0.29, 0.717) is 4.90 Å². The molecule has 2 rings (SSSR count). The van der Waals surface area contributed by atoms with Crippen molar-refractivity contribution >= 4 is 29.1 Å². The third-order valence-corrected chi connectivity index (χ3v) is 3.18. The number of rotatable bonds is 3. The predicted molar refractivity (Wildman–Crippen MR) is 66.4 cm³/mol. The fraction of sp³-hybridized carbons (Fsp3) is 0. The van der Waals surface area contributed by atoms with Crippen molar-refractivity contribution in [1.82, 2.24) is 4.98 Å². The van der Waals surface area contributed by atoms with Gasteiger partial charge in [-0.05, 0) is 18.2 Å². The van der Waals surface area contributed by atoms with Crippen molar-refractivity contribution in [3.63, 3.8) is 0 Å². The van der Waals surface area contributed by atoms with Gasteiger partial charge in [-0.15, -0.1) is 0 Å². The van der Waals surface area contributed by atoms with E-state index in [1.54, 1.807) is 0 Å². The first-order valence-corrected chi connectivity index (χ1v) is 6.10. The molecule has 19 heavy (non-hydrogen) atoms. The van der Waals surface area contributed by atoms with Gasteiger partial charge in [0.25, 0.3) is 5.69 Å². The minimum Gasteiger partial charge on any atom is -0.258 e. The molecular formula is C11H5ClF2N2O2S. The van der Waals surface area contributed by atoms with Crippen LogP contribution in [0.3, 0.4) is 0 Å². The molecule has 0 aliphatic rings. The van der Waals surface area contributed by atoms with Gasteiger partial charge in [0.2, 0.25) is 0 Å². The molecule has 8 heteroatoms. The Balaban J connectivity index is 2.32. The third kappa shape index (κ3) is 3.39. The first-order chi connectivity index (χ1) is 8.95. The average Bonchev–Trinajstić information content (AvgIpc) is 2.33. The van der Waals surface area contributed by atoms with E-state index in [4.69, 9.17) is 11.6 Å². The van der Waals surface area contributed by atoms with Crippen LogP contribution in [0.2, 0.25) is 5.15 Å². The zero-order chi connectivity index (χ0) is 14.0. The van der Waals surface area contributed by atoms with E-state index in [9.17, 15) is 18.9 Å². The molecular weight excluding hydrogens is 298 g/mol. The predicted octanol–water partition coefficient (Wildman–Crippen LogP) is 4.07. The Morgan fingerprint density at radius 1 is 1.21 bits per heavy atom. The standard InChI is InChI=1S/C11H5ClF2N2O2S/c12-10-3-6(16(17)18)4-11(15-10)19-7-1-2-8(13)9(14)5-7/h1-5H. The number of pyridine rings is 1. The molecule has 0 radical (unpaired) electrons. The van der Waals surface area contributed by atoms with E-state index in [-0.39, 0.29) is 15.9 Å². The number of halogens is 3. The van der Waals surface area contributed by atoms with Gasteiger partial charge in [-0.25, -0.2) is 13.8 Å². The van der Waals surface area contributed by atoms with Gasteiger partial charge in [0.15, 0.2) is 11.6 Å². The minimum atomic E-state index is -0.999. The quantitative estimate of drug-likeness (QED) is 0.487. The van der Waals surface area contributed by atoms with Crippen molar-refractivity contribution in [3.8, 4) is 0 Å². The molecule has 4 nitrogen and oxygen atoms in total. The molecule has 1 aromatic carbocycles. The molecule has 0 saturated carbocycles. The van der Waals surface area contributed by atoms with Crippen molar-refractivity contribution in [1.29, 1.82) is 0 Å². The van der Waals surface area contributed by atoms with Gasteiger partial charge in [-0.1, -0.05) is 23.4 Å². The zero-order valence-electron chi connectivity index (χ0n) is 9.14. The van der Waals surface area contributed by atoms with E-state index in [1.165, 1.54) is 12.1 Å². The molecule has 98 valence electrons. The average molecular weight is 303 g/mol. The number of hydrogen-bond donors (Lipinski definition) is 0. The third-order valence-electron chi connectivity index (χ3n) is 2.08. The second-order valence-corrected chi connectivity index (χ2v) is 4.90. The lowest BCUT2D eigenvalue weighted by atomic mass is 10.3. The van der Waals surface area contributed by atoms with Crippen LogP contribution in [0.5, 0.6) is 0 Å². The van der Waals surface area contributed by atoms with Crippen LogP contribution >= 0.6 is 23.4 Å². The molecule has 0 fully saturated rings. The van der Waals surface area contributed by atoms with Gasteiger partial charge >= 0.3 is 0 Å². The lowest BCUT2D eigenvalue weighted by Gasteiger charge is -2.02. The summed E-state index contributed by atoms with van der Waals surface area (Å²) in [5, 5.41) is 10.8. The summed E-state index contributed by atoms with van der Waals surface area (Å²) in [5.74, 6) is -1.96. The Kier molecular flexibility index (Phi) is 3.96. The van der Waals surface area contributed by atoms with Crippen molar-refractivity contribution in [3.05, 3.63) is 57.2 Å². The second kappa shape index (κ2) is 5.50. The molecule has 0 aliphatic heterocycles. The van der Waals surface area contributed by atoms with Crippen LogP contribution in [0.15, 0.2) is 40.3 Å². The SMILES string of the molecule is O=[N+]([O-])c1cc(Cl)nc(Sc2ccc(F)c(F)c2)c1. The number of aromatic nitrogens is 1. The highest BCUT2D eigenvalue weighted by Gasteiger charge is 2.12. The van der Waals surface area contributed by atoms with Gasteiger partial charge in [-0.3, -0.25) is 10.1 Å². The van der Waals surface area contributed by atoms with Gasteiger partial charge < -0.3 is 0 Å². The van der Waals surface area contributed by atoms with Crippen LogP contribution in [0, 0.1) is 21.7 Å². The van der Waals surface area contributed by atoms with E-state index in [1.807, 2.05) is 0 Å². The van der Waals surface area contributed by atoms with Gasteiger partial charge in [-0.2, -0.15) is 0 Å². The zero-order valence-corrected chi connectivity index (χ0v) is 10.7. The second-order valence-electron chi connectivity index (χ2n) is 3.42. The van der Waals surface area contributed by atoms with Crippen LogP contribution in [-0.4, -0.2) is 9.91 Å². The van der Waals surface area contributed by atoms with Gasteiger partial charge in [0, 0.05) is 11.0 Å². The highest BCUT2D eigenvalue weighted by molar-refractivity contribution is 7.99. The summed E-state index contributed by atoms with van der Waals surface area (Å²) < 4.78 is 25.8. The molecule has 0 bridgehead atoms. The molecule has 0 amide bonds. The summed E-state index contributed by atoms with van der Waals surface area (Å²) in [4.78, 5) is 14.3. The molecule has 2 aromatic rings. The highest BCUT2D eigenvalue weighted by atomic mass is 35.5. The van der Waals surface area contributed by atoms with Crippen LogP contribution in [-0.2, 0) is 0 Å². The van der Waals surface area contributed by atoms with E-state index >= 15 is 0 Å². The van der Waals surface area contributed by atoms with E-state index in [2.05, 4.69) is 4.98 Å². The molecule has 0 N–H and O–H groups in total. The van der Waals surface area contributed by atoms with E-state index < -0.39 is 16.6 Å². The maximum atomic E-state index is 13.0. The Morgan fingerprint density at radius 2 is 1.95 bits per heavy atom. The number of nitrogens with zero attached hydrogens (tertiary/aromatic N) is 2. The van der Waals surface area contributed by atoms with Crippen molar-refractivity contribution in [2.24, 2.45) is 0 Å². The number of hydrogen-bond acceptors (Lipinski definition) is 4. The molecule has 1 aromatic heterocycles. The minimum absolute atomic E-state index is 0.0423. The van der Waals surface area contributed by atoms with E-state index in [0.717, 1.165) is 30.0 Å². The summed E-state index contributed by atoms with van der Waals surface area (Å²) in [5.41, 5.74) is -0.218. The van der Waals surface area contributed by atoms with Crippen molar-refractivity contribution in [2.75, 3.05) is 0 Å². The van der Waals surface area contributed by atoms with Gasteiger partial charge in [0.1, 0.15) is 10.2 Å². The lowest BCUT2D eigenvalue weighted by Crippen LogP contribution is -1.91. The van der Waals surface area contributed by atoms with Crippen LogP contribution < -0.4 is 0 Å². The summed E-state index contributed by atoms with van der Waals surface area (Å²) >= 11 is 6.60. The fourth-order valence-corrected chi connectivity index (χ4v) is 2.40. The van der Waals surface area contributed by atoms with Crippen LogP contribution in [0.1, 0.15) is 0 Å². The van der Waals surface area contributed by atoms with Crippen LogP contribution in [0.4, 0.5) is 14.5 Å². The molecule has 0 atom stereocenters. The smallest absolute Gasteiger partial charge is 0.258 e. The van der Waals surface area contributed by atoms with Crippen LogP contribution in [0.25, 0.3) is 0 Å². The summed E-state index contributed by atoms with van der Waals surface area (Å²) in [7, 11) is 0. The van der Waals surface area contributed by atoms with Gasteiger partial charge in [0.05, 0.1) is 11.0 Å². The Morgan fingerprint density at radius 3 is 2.58 bits per heavy atom. The normalized spacial score (nSPS) is 10.5. The largest absolute Gasteiger partial charge is 0.275 e. The Labute approximate surface area is 115 Å². The topological polar surface area (TPSA) is 56.0 Å². The molecule has 0 unspecified atom stereocenters. The molecule has 0 spiro atoms. The Hall–Kier alpha value is -1.73. The summed E-state index contributed by atoms with van der Waals surface area (Å²) in [6, 6.07) is 5.61. The Bertz CT molecular complexity index is 655. The maximum absolute atomic E-state index is 13.0. The maximum Gasteiger partial charge on any atom is 0.275 e. The molecule has 1 heterocycles. The summed E-state index contributed by atoms with van der Waals surface area (Å²) in [6.07, 6.45) is 0. The molecule has 0 aliphatic carbocycles.